The number of methoxy groups -OCH3 is 1. The quantitative estimate of drug-likeness (QED) is 0.441. The smallest absolute Gasteiger partial charge is 0.241 e. The zero-order chi connectivity index (χ0) is 26.9. The molecule has 0 spiro atoms. The number of likely N-dealkylation sites (N-methyl/N-ethyl adjacent to an activating group) is 2. The molecule has 1 heterocycles. The molecule has 9 nitrogen and oxygen atoms in total. The molecule has 0 aromatic heterocycles. The van der Waals surface area contributed by atoms with E-state index in [0.29, 0.717) is 10.6 Å². The van der Waals surface area contributed by atoms with Gasteiger partial charge in [-0.3, -0.25) is 9.59 Å². The number of benzene rings is 1. The molecule has 2 amide bonds. The Labute approximate surface area is 224 Å². The van der Waals surface area contributed by atoms with Crippen molar-refractivity contribution in [2.75, 3.05) is 60.5 Å². The van der Waals surface area contributed by atoms with Gasteiger partial charge in [0.05, 0.1) is 37.8 Å². The molecule has 1 unspecified atom stereocenters. The van der Waals surface area contributed by atoms with Gasteiger partial charge in [-0.15, -0.1) is 0 Å². The highest BCUT2D eigenvalue weighted by molar-refractivity contribution is 7.82. The van der Waals surface area contributed by atoms with Crippen molar-refractivity contribution >= 4 is 22.8 Å². The SMILES string of the molecule is COc1cc(C)c(S(=O)N(C)CC(=O)NCC(=O)N(C)C2CCC(OCCN3CCCC3)CC2)c(C)c1. The first-order valence-electron chi connectivity index (χ1n) is 13.3. The topological polar surface area (TPSA) is 91.4 Å². The van der Waals surface area contributed by atoms with Crippen molar-refractivity contribution in [1.82, 2.24) is 19.4 Å². The number of rotatable bonds is 12. The molecule has 3 rings (SSSR count). The van der Waals surface area contributed by atoms with Gasteiger partial charge in [0.25, 0.3) is 0 Å². The van der Waals surface area contributed by atoms with Crippen molar-refractivity contribution in [1.29, 1.82) is 0 Å². The number of hydrogen-bond donors (Lipinski definition) is 1. The van der Waals surface area contributed by atoms with Crippen LogP contribution < -0.4 is 10.1 Å². The van der Waals surface area contributed by atoms with Crippen molar-refractivity contribution in [3.05, 3.63) is 23.3 Å². The number of aryl methyl sites for hydroxylation is 2. The monoisotopic (exact) mass is 536 g/mol. The predicted octanol–water partition coefficient (Wildman–Crippen LogP) is 2.26. The van der Waals surface area contributed by atoms with E-state index in [9.17, 15) is 13.8 Å². The van der Waals surface area contributed by atoms with Crippen molar-refractivity contribution in [2.45, 2.75) is 69.4 Å². The van der Waals surface area contributed by atoms with Gasteiger partial charge in [0.2, 0.25) is 11.8 Å². The third kappa shape index (κ3) is 8.49. The highest BCUT2D eigenvalue weighted by Crippen LogP contribution is 2.26. The molecule has 1 saturated carbocycles. The fourth-order valence-corrected chi connectivity index (χ4v) is 6.45. The van der Waals surface area contributed by atoms with Gasteiger partial charge in [0.1, 0.15) is 16.7 Å². The number of carbonyl (C=O) groups is 2. The van der Waals surface area contributed by atoms with E-state index >= 15 is 0 Å². The van der Waals surface area contributed by atoms with Crippen LogP contribution in [0.4, 0.5) is 0 Å². The van der Waals surface area contributed by atoms with Crippen LogP contribution in [0.2, 0.25) is 0 Å². The van der Waals surface area contributed by atoms with Gasteiger partial charge < -0.3 is 24.6 Å². The van der Waals surface area contributed by atoms with Crippen LogP contribution in [0.3, 0.4) is 0 Å². The maximum atomic E-state index is 13.1. The van der Waals surface area contributed by atoms with E-state index in [4.69, 9.17) is 9.47 Å². The lowest BCUT2D eigenvalue weighted by atomic mass is 9.92. The van der Waals surface area contributed by atoms with Crippen molar-refractivity contribution in [3.63, 3.8) is 0 Å². The van der Waals surface area contributed by atoms with E-state index in [2.05, 4.69) is 10.2 Å². The van der Waals surface area contributed by atoms with Crippen molar-refractivity contribution in [3.8, 4) is 5.75 Å². The number of nitrogens with one attached hydrogen (secondary N) is 1. The number of hydrogen-bond acceptors (Lipinski definition) is 6. The molecule has 2 fully saturated rings. The van der Waals surface area contributed by atoms with Gasteiger partial charge >= 0.3 is 0 Å². The summed E-state index contributed by atoms with van der Waals surface area (Å²) in [6.45, 7) is 7.79. The summed E-state index contributed by atoms with van der Waals surface area (Å²) in [5.74, 6) is 0.256. The lowest BCUT2D eigenvalue weighted by Crippen LogP contribution is -2.46. The van der Waals surface area contributed by atoms with Crippen molar-refractivity contribution < 1.29 is 23.3 Å². The second-order valence-electron chi connectivity index (χ2n) is 10.3. The van der Waals surface area contributed by atoms with E-state index in [1.165, 1.54) is 30.2 Å². The van der Waals surface area contributed by atoms with Crippen molar-refractivity contribution in [2.24, 2.45) is 0 Å². The van der Waals surface area contributed by atoms with E-state index in [1.807, 2.05) is 33.0 Å². The van der Waals surface area contributed by atoms with Crippen LogP contribution in [0.5, 0.6) is 5.75 Å². The minimum absolute atomic E-state index is 0.0668. The second-order valence-corrected chi connectivity index (χ2v) is 11.8. The number of carbonyl (C=O) groups excluding carboxylic acids is 2. The number of amides is 2. The van der Waals surface area contributed by atoms with Crippen LogP contribution in [0.25, 0.3) is 0 Å². The average molecular weight is 537 g/mol. The first-order chi connectivity index (χ1) is 17.7. The van der Waals surface area contributed by atoms with Gasteiger partial charge in [-0.25, -0.2) is 8.51 Å². The Balaban J connectivity index is 1.37. The standard InChI is InChI=1S/C27H44N4O5S/c1-20-16-24(35-5)17-21(2)27(20)37(34)29(3)19-25(32)28-18-26(33)30(4)22-8-10-23(11-9-22)36-15-14-31-12-6-7-13-31/h16-17,22-23H,6-15,18-19H2,1-5H3,(H,28,32). The van der Waals surface area contributed by atoms with E-state index < -0.39 is 11.0 Å². The van der Waals surface area contributed by atoms with Crippen LogP contribution in [-0.4, -0.2) is 103 Å². The van der Waals surface area contributed by atoms with Crippen LogP contribution in [0.15, 0.2) is 17.0 Å². The largest absolute Gasteiger partial charge is 0.497 e. The van der Waals surface area contributed by atoms with E-state index in [-0.39, 0.29) is 37.0 Å². The van der Waals surface area contributed by atoms with Gasteiger partial charge in [0, 0.05) is 26.7 Å². The number of ether oxygens (including phenoxy) is 2. The zero-order valence-corrected chi connectivity index (χ0v) is 23.9. The number of nitrogens with zero attached hydrogens (tertiary/aromatic N) is 3. The maximum absolute atomic E-state index is 13.1. The zero-order valence-electron chi connectivity index (χ0n) is 23.1. The minimum atomic E-state index is -1.51. The Morgan fingerprint density at radius 2 is 1.70 bits per heavy atom. The number of likely N-dealkylation sites (tertiary alicyclic amines) is 1. The molecule has 1 aliphatic carbocycles. The molecule has 1 N–H and O–H groups in total. The molecule has 0 bridgehead atoms. The molecule has 1 saturated heterocycles. The fraction of sp³-hybridized carbons (Fsp3) is 0.704. The summed E-state index contributed by atoms with van der Waals surface area (Å²) in [7, 11) is 3.53. The summed E-state index contributed by atoms with van der Waals surface area (Å²) in [6.07, 6.45) is 6.59. The fourth-order valence-electron chi connectivity index (χ4n) is 5.23. The molecule has 1 aliphatic heterocycles. The highest BCUT2D eigenvalue weighted by atomic mass is 32.2. The normalized spacial score (nSPS) is 21.1. The molecule has 208 valence electrons. The van der Waals surface area contributed by atoms with Crippen LogP contribution in [-0.2, 0) is 25.3 Å². The first kappa shape index (κ1) is 29.5. The molecule has 1 atom stereocenters. The molecule has 1 aromatic carbocycles. The Bertz CT molecular complexity index is 922. The van der Waals surface area contributed by atoms with Crippen LogP contribution in [0.1, 0.15) is 49.7 Å². The third-order valence-corrected chi connectivity index (χ3v) is 9.16. The Kier molecular flexibility index (Phi) is 11.4. The first-order valence-corrected chi connectivity index (χ1v) is 14.4. The molecule has 0 radical (unpaired) electrons. The minimum Gasteiger partial charge on any atom is -0.497 e. The van der Waals surface area contributed by atoms with Crippen LogP contribution in [0, 0.1) is 13.8 Å². The summed E-state index contributed by atoms with van der Waals surface area (Å²) >= 11 is 0. The van der Waals surface area contributed by atoms with Gasteiger partial charge in [0.15, 0.2) is 0 Å². The lowest BCUT2D eigenvalue weighted by molar-refractivity contribution is -0.134. The second kappa shape index (κ2) is 14.2. The predicted molar refractivity (Wildman–Crippen MR) is 145 cm³/mol. The van der Waals surface area contributed by atoms with E-state index in [1.54, 1.807) is 19.1 Å². The maximum Gasteiger partial charge on any atom is 0.241 e. The molecule has 37 heavy (non-hydrogen) atoms. The Morgan fingerprint density at radius 1 is 1.08 bits per heavy atom. The molecule has 10 heteroatoms. The summed E-state index contributed by atoms with van der Waals surface area (Å²) in [5, 5.41) is 2.69. The molecule has 2 aliphatic rings. The Hall–Kier alpha value is -2.01. The Morgan fingerprint density at radius 3 is 2.30 bits per heavy atom. The highest BCUT2D eigenvalue weighted by Gasteiger charge is 2.27. The lowest BCUT2D eigenvalue weighted by Gasteiger charge is -2.35. The van der Waals surface area contributed by atoms with Crippen LogP contribution >= 0.6 is 0 Å². The van der Waals surface area contributed by atoms with Gasteiger partial charge in [-0.05, 0) is 88.7 Å². The van der Waals surface area contributed by atoms with Gasteiger partial charge in [-0.2, -0.15) is 0 Å². The summed E-state index contributed by atoms with van der Waals surface area (Å²) in [4.78, 5) is 30.1. The molecule has 1 aromatic rings. The van der Waals surface area contributed by atoms with Gasteiger partial charge in [-0.1, -0.05) is 0 Å². The summed E-state index contributed by atoms with van der Waals surface area (Å²) in [5.41, 5.74) is 1.68. The molecular weight excluding hydrogens is 492 g/mol. The summed E-state index contributed by atoms with van der Waals surface area (Å²) < 4.78 is 25.9. The molecular formula is C27H44N4O5S. The van der Waals surface area contributed by atoms with E-state index in [0.717, 1.165) is 50.0 Å². The summed E-state index contributed by atoms with van der Waals surface area (Å²) in [6, 6.07) is 3.83. The average Bonchev–Trinajstić information content (AvgIpc) is 3.40. The third-order valence-electron chi connectivity index (χ3n) is 7.47.